The summed E-state index contributed by atoms with van der Waals surface area (Å²) in [7, 11) is 0. The van der Waals surface area contributed by atoms with Gasteiger partial charge in [-0.1, -0.05) is 37.5 Å². The van der Waals surface area contributed by atoms with Crippen molar-refractivity contribution in [1.29, 1.82) is 0 Å². The number of likely N-dealkylation sites (tertiary alicyclic amines) is 1. The molecule has 1 aromatic carbocycles. The number of benzene rings is 1. The van der Waals surface area contributed by atoms with Crippen LogP contribution in [0.5, 0.6) is 0 Å². The molecule has 29 heavy (non-hydrogen) atoms. The van der Waals surface area contributed by atoms with Gasteiger partial charge in [-0.05, 0) is 25.0 Å². The van der Waals surface area contributed by atoms with Gasteiger partial charge in [0.05, 0.1) is 11.8 Å². The number of amides is 3. The van der Waals surface area contributed by atoms with Crippen LogP contribution in [0.2, 0.25) is 0 Å². The van der Waals surface area contributed by atoms with Crippen LogP contribution >= 0.6 is 0 Å². The molecule has 1 aliphatic carbocycles. The van der Waals surface area contributed by atoms with Crippen LogP contribution in [0.15, 0.2) is 35.3 Å². The highest BCUT2D eigenvalue weighted by Crippen LogP contribution is 2.24. The van der Waals surface area contributed by atoms with E-state index in [0.29, 0.717) is 25.0 Å². The zero-order valence-corrected chi connectivity index (χ0v) is 16.6. The Balaban J connectivity index is 1.36. The van der Waals surface area contributed by atoms with Gasteiger partial charge in [0.1, 0.15) is 12.0 Å². The Kier molecular flexibility index (Phi) is 6.10. The maximum absolute atomic E-state index is 12.6. The molecular weight excluding hydrogens is 368 g/mol. The van der Waals surface area contributed by atoms with Crippen LogP contribution < -0.4 is 21.7 Å². The van der Waals surface area contributed by atoms with Crippen LogP contribution in [0.4, 0.5) is 10.5 Å². The van der Waals surface area contributed by atoms with Gasteiger partial charge in [0.25, 0.3) is 0 Å². The van der Waals surface area contributed by atoms with Crippen molar-refractivity contribution in [2.75, 3.05) is 25.0 Å². The lowest BCUT2D eigenvalue weighted by molar-refractivity contribution is -0.124. The lowest BCUT2D eigenvalue weighted by Crippen LogP contribution is -2.62. The summed E-state index contributed by atoms with van der Waals surface area (Å²) in [6.45, 7) is 1.35. The van der Waals surface area contributed by atoms with Crippen LogP contribution in [-0.2, 0) is 4.79 Å². The maximum atomic E-state index is 12.6. The highest BCUT2D eigenvalue weighted by molar-refractivity contribution is 6.03. The normalized spacial score (nSPS) is 25.8. The van der Waals surface area contributed by atoms with Crippen molar-refractivity contribution in [3.63, 3.8) is 0 Å². The smallest absolute Gasteiger partial charge is 0.321 e. The van der Waals surface area contributed by atoms with Crippen LogP contribution in [-0.4, -0.2) is 54.5 Å². The number of carbonyl (C=O) groups is 2. The number of aliphatic imine (C=N–C) groups is 1. The Morgan fingerprint density at radius 3 is 2.59 bits per heavy atom. The van der Waals surface area contributed by atoms with E-state index in [-0.39, 0.29) is 36.5 Å². The first kappa shape index (κ1) is 19.8. The highest BCUT2D eigenvalue weighted by atomic mass is 16.2. The van der Waals surface area contributed by atoms with Gasteiger partial charge in [-0.2, -0.15) is 0 Å². The van der Waals surface area contributed by atoms with E-state index in [0.717, 1.165) is 18.5 Å². The zero-order valence-electron chi connectivity index (χ0n) is 16.6. The molecule has 5 N–H and O–H groups in total. The van der Waals surface area contributed by atoms with Crippen LogP contribution in [0.3, 0.4) is 0 Å². The Bertz CT molecular complexity index is 756. The topological polar surface area (TPSA) is 112 Å². The molecular formula is C21H30N6O2. The zero-order chi connectivity index (χ0) is 20.2. The van der Waals surface area contributed by atoms with E-state index in [1.54, 1.807) is 4.90 Å². The minimum absolute atomic E-state index is 0.0508. The highest BCUT2D eigenvalue weighted by Gasteiger charge is 2.40. The van der Waals surface area contributed by atoms with Crippen LogP contribution in [0.1, 0.15) is 32.1 Å². The van der Waals surface area contributed by atoms with E-state index in [9.17, 15) is 9.59 Å². The quantitative estimate of drug-likeness (QED) is 0.602. The van der Waals surface area contributed by atoms with Crippen molar-refractivity contribution in [3.05, 3.63) is 30.3 Å². The molecule has 8 heteroatoms. The van der Waals surface area contributed by atoms with Crippen molar-refractivity contribution >= 4 is 23.5 Å². The molecule has 0 radical (unpaired) electrons. The number of nitrogens with one attached hydrogen (secondary N) is 3. The standard InChI is InChI=1S/C21H30N6O2/c22-11-17-19(23-15-7-3-1-4-8-15)25-18(26-20(17)28)14-12-27(13-14)21(29)24-16-9-5-2-6-10-16/h2,5-6,9-10,14-15,17,19,23H,1,3-4,7-8,11-13,22H2,(H,24,29)(H,25,26,28). The molecule has 2 fully saturated rings. The fourth-order valence-corrected chi connectivity index (χ4v) is 4.28. The molecule has 3 amide bonds. The molecule has 0 bridgehead atoms. The molecule has 0 spiro atoms. The summed E-state index contributed by atoms with van der Waals surface area (Å²) in [5.41, 5.74) is 6.63. The average Bonchev–Trinajstić information content (AvgIpc) is 2.68. The predicted octanol–water partition coefficient (Wildman–Crippen LogP) is 1.50. The van der Waals surface area contributed by atoms with Crippen molar-refractivity contribution in [3.8, 4) is 0 Å². The lowest BCUT2D eigenvalue weighted by Gasteiger charge is -2.42. The van der Waals surface area contributed by atoms with Gasteiger partial charge in [0.2, 0.25) is 5.91 Å². The molecule has 1 saturated heterocycles. The first-order valence-electron chi connectivity index (χ1n) is 10.6. The molecule has 3 aliphatic rings. The number of nitrogens with two attached hydrogens (primary N) is 1. The molecule has 0 aromatic heterocycles. The summed E-state index contributed by atoms with van der Waals surface area (Å²) >= 11 is 0. The lowest BCUT2D eigenvalue weighted by atomic mass is 9.92. The average molecular weight is 399 g/mol. The van der Waals surface area contributed by atoms with Gasteiger partial charge < -0.3 is 21.3 Å². The minimum atomic E-state index is -0.349. The molecule has 2 heterocycles. The second kappa shape index (κ2) is 8.92. The number of urea groups is 1. The third-order valence-electron chi connectivity index (χ3n) is 6.09. The van der Waals surface area contributed by atoms with E-state index in [1.807, 2.05) is 30.3 Å². The largest absolute Gasteiger partial charge is 0.330 e. The van der Waals surface area contributed by atoms with Crippen molar-refractivity contribution in [1.82, 2.24) is 15.5 Å². The van der Waals surface area contributed by atoms with E-state index in [2.05, 4.69) is 16.0 Å². The Morgan fingerprint density at radius 1 is 1.17 bits per heavy atom. The molecule has 4 rings (SSSR count). The third-order valence-corrected chi connectivity index (χ3v) is 6.09. The summed E-state index contributed by atoms with van der Waals surface area (Å²) in [4.78, 5) is 31.5. The van der Waals surface area contributed by atoms with Crippen molar-refractivity contribution in [2.45, 2.75) is 44.3 Å². The number of amidine groups is 1. The van der Waals surface area contributed by atoms with E-state index >= 15 is 0 Å². The number of hydrogen-bond acceptors (Lipinski definition) is 5. The number of carbonyl (C=O) groups excluding carboxylic acids is 2. The van der Waals surface area contributed by atoms with E-state index in [4.69, 9.17) is 10.7 Å². The second-order valence-corrected chi connectivity index (χ2v) is 8.19. The summed E-state index contributed by atoms with van der Waals surface area (Å²) < 4.78 is 0. The fourth-order valence-electron chi connectivity index (χ4n) is 4.28. The fraction of sp³-hybridized carbons (Fsp3) is 0.571. The number of anilines is 1. The van der Waals surface area contributed by atoms with Gasteiger partial charge in [-0.25, -0.2) is 4.79 Å². The number of nitrogens with zero attached hydrogens (tertiary/aromatic N) is 2. The van der Waals surface area contributed by atoms with Gasteiger partial charge in [-0.15, -0.1) is 0 Å². The molecule has 2 atom stereocenters. The number of para-hydroxylation sites is 1. The van der Waals surface area contributed by atoms with E-state index in [1.165, 1.54) is 19.3 Å². The number of rotatable bonds is 5. The Hall–Kier alpha value is -2.45. The van der Waals surface area contributed by atoms with Crippen molar-refractivity contribution < 1.29 is 9.59 Å². The molecule has 8 nitrogen and oxygen atoms in total. The van der Waals surface area contributed by atoms with Crippen LogP contribution in [0, 0.1) is 11.8 Å². The third kappa shape index (κ3) is 4.59. The van der Waals surface area contributed by atoms with E-state index < -0.39 is 0 Å². The molecule has 1 aromatic rings. The Morgan fingerprint density at radius 2 is 1.90 bits per heavy atom. The minimum Gasteiger partial charge on any atom is -0.330 e. The first-order chi connectivity index (χ1) is 14.1. The van der Waals surface area contributed by atoms with Gasteiger partial charge in [0, 0.05) is 31.4 Å². The SMILES string of the molecule is NCC1C(=O)NC(C2CN(C(=O)Nc3ccccc3)C2)=NC1NC1CCCCC1. The summed E-state index contributed by atoms with van der Waals surface area (Å²) in [6.07, 6.45) is 5.68. The number of hydrogen-bond donors (Lipinski definition) is 4. The monoisotopic (exact) mass is 398 g/mol. The van der Waals surface area contributed by atoms with Crippen molar-refractivity contribution in [2.24, 2.45) is 22.6 Å². The first-order valence-corrected chi connectivity index (χ1v) is 10.6. The summed E-state index contributed by atoms with van der Waals surface area (Å²) in [5, 5.41) is 9.38. The second-order valence-electron chi connectivity index (χ2n) is 8.19. The molecule has 2 unspecified atom stereocenters. The van der Waals surface area contributed by atoms with Gasteiger partial charge in [-0.3, -0.25) is 15.1 Å². The summed E-state index contributed by atoms with van der Waals surface area (Å²) in [5.74, 6) is 0.308. The Labute approximate surface area is 171 Å². The van der Waals surface area contributed by atoms with Gasteiger partial charge >= 0.3 is 6.03 Å². The maximum Gasteiger partial charge on any atom is 0.321 e. The summed E-state index contributed by atoms with van der Waals surface area (Å²) in [6, 6.07) is 9.65. The molecule has 156 valence electrons. The molecule has 2 aliphatic heterocycles. The predicted molar refractivity (Wildman–Crippen MR) is 112 cm³/mol. The molecule has 1 saturated carbocycles. The van der Waals surface area contributed by atoms with Gasteiger partial charge in [0.15, 0.2) is 0 Å². The van der Waals surface area contributed by atoms with Crippen LogP contribution in [0.25, 0.3) is 0 Å².